The third kappa shape index (κ3) is 4.91. The number of fused-ring (bicyclic) bond motifs is 5. The Morgan fingerprint density at radius 3 is 2.21 bits per heavy atom. The molecule has 1 aliphatic rings. The fourth-order valence-electron chi connectivity index (χ4n) is 4.26. The van der Waals surface area contributed by atoms with Gasteiger partial charge in [0.2, 0.25) is 0 Å². The number of benzene rings is 3. The first-order chi connectivity index (χ1) is 15.8. The standard InChI is InChI=1S/C24H16NO.C5H8O2.Ir/c1-14-11-15(2)13-16(12-14)23-22-21(19-9-5-6-10-20(19)25-23)17-7-3-4-8-18(17)24(22)26;1-4(6)3-5(2)7;/h3-12H,1-2H3;3,6H,1-2H3;/q-1;;/b;4-3-;. The van der Waals surface area contributed by atoms with Crippen molar-refractivity contribution < 1.29 is 34.8 Å². The van der Waals surface area contributed by atoms with Crippen LogP contribution >= 0.6 is 0 Å². The van der Waals surface area contributed by atoms with Gasteiger partial charge >= 0.3 is 0 Å². The molecule has 0 fully saturated rings. The summed E-state index contributed by atoms with van der Waals surface area (Å²) >= 11 is 0. The van der Waals surface area contributed by atoms with E-state index < -0.39 is 0 Å². The average Bonchev–Trinajstić information content (AvgIpc) is 3.05. The van der Waals surface area contributed by atoms with E-state index in [0.29, 0.717) is 5.56 Å². The molecule has 0 unspecified atom stereocenters. The quantitative estimate of drug-likeness (QED) is 0.137. The minimum absolute atomic E-state index is 0. The average molecular weight is 627 g/mol. The number of aryl methyl sites for hydroxylation is 2. The third-order valence-electron chi connectivity index (χ3n) is 5.38. The number of aliphatic hydroxyl groups excluding tert-OH is 1. The first kappa shape index (κ1) is 25.2. The number of rotatable bonds is 2. The van der Waals surface area contributed by atoms with Crippen molar-refractivity contribution in [3.63, 3.8) is 0 Å². The maximum Gasteiger partial charge on any atom is 0.187 e. The van der Waals surface area contributed by atoms with Crippen molar-refractivity contribution in [1.82, 2.24) is 4.98 Å². The van der Waals surface area contributed by atoms with Crippen LogP contribution in [-0.4, -0.2) is 21.7 Å². The van der Waals surface area contributed by atoms with Crippen LogP contribution in [0, 0.1) is 19.9 Å². The summed E-state index contributed by atoms with van der Waals surface area (Å²) in [5.74, 6) is -0.0103. The molecule has 1 radical (unpaired) electrons. The molecule has 0 aliphatic heterocycles. The molecule has 3 aromatic carbocycles. The maximum atomic E-state index is 13.2. The van der Waals surface area contributed by atoms with E-state index in [4.69, 9.17) is 10.1 Å². The summed E-state index contributed by atoms with van der Waals surface area (Å²) in [4.78, 5) is 28.1. The van der Waals surface area contributed by atoms with Crippen LogP contribution in [0.25, 0.3) is 33.3 Å². The minimum Gasteiger partial charge on any atom is -0.512 e. The van der Waals surface area contributed by atoms with Crippen LogP contribution in [-0.2, 0) is 24.9 Å². The largest absolute Gasteiger partial charge is 0.512 e. The van der Waals surface area contributed by atoms with Crippen LogP contribution in [0.3, 0.4) is 0 Å². The Hall–Kier alpha value is -3.40. The summed E-state index contributed by atoms with van der Waals surface area (Å²) < 4.78 is 0. The van der Waals surface area contributed by atoms with Crippen LogP contribution in [0.5, 0.6) is 0 Å². The zero-order chi connectivity index (χ0) is 23.7. The van der Waals surface area contributed by atoms with Crippen molar-refractivity contribution >= 4 is 22.5 Å². The smallest absolute Gasteiger partial charge is 0.187 e. The fraction of sp³-hybridized carbons (Fsp3) is 0.138. The van der Waals surface area contributed by atoms with Gasteiger partial charge in [0.05, 0.1) is 11.3 Å². The Bertz CT molecular complexity index is 1430. The van der Waals surface area contributed by atoms with E-state index in [1.807, 2.05) is 55.5 Å². The zero-order valence-electron chi connectivity index (χ0n) is 19.4. The van der Waals surface area contributed by atoms with E-state index in [2.05, 4.69) is 25.1 Å². The Morgan fingerprint density at radius 1 is 0.941 bits per heavy atom. The van der Waals surface area contributed by atoms with Crippen LogP contribution in [0.2, 0.25) is 0 Å². The Kier molecular flexibility index (Phi) is 7.61. The maximum absolute atomic E-state index is 13.2. The second-order valence-corrected chi connectivity index (χ2v) is 8.25. The summed E-state index contributed by atoms with van der Waals surface area (Å²) in [6.45, 7) is 6.93. The number of nitrogens with zero attached hydrogens (tertiary/aromatic N) is 1. The van der Waals surface area contributed by atoms with E-state index in [1.54, 1.807) is 0 Å². The zero-order valence-corrected chi connectivity index (χ0v) is 21.8. The summed E-state index contributed by atoms with van der Waals surface area (Å²) in [5.41, 5.74) is 8.15. The van der Waals surface area contributed by atoms with E-state index in [9.17, 15) is 9.59 Å². The number of allylic oxidation sites excluding steroid dienone is 2. The van der Waals surface area contributed by atoms with Gasteiger partial charge < -0.3 is 5.11 Å². The minimum atomic E-state index is -0.125. The van der Waals surface area contributed by atoms with Gasteiger partial charge in [0.1, 0.15) is 0 Å². The van der Waals surface area contributed by atoms with Gasteiger partial charge in [0.25, 0.3) is 0 Å². The molecule has 0 spiro atoms. The number of carbonyl (C=O) groups is 2. The molecule has 34 heavy (non-hydrogen) atoms. The monoisotopic (exact) mass is 627 g/mol. The molecular weight excluding hydrogens is 603 g/mol. The number of carbonyl (C=O) groups excluding carboxylic acids is 2. The molecule has 0 amide bonds. The van der Waals surface area contributed by atoms with E-state index >= 15 is 0 Å². The predicted molar refractivity (Wildman–Crippen MR) is 131 cm³/mol. The molecule has 0 saturated carbocycles. The number of hydrogen-bond donors (Lipinski definition) is 1. The first-order valence-electron chi connectivity index (χ1n) is 10.7. The Balaban J connectivity index is 0.000000357. The van der Waals surface area contributed by atoms with Crippen molar-refractivity contribution in [3.8, 4) is 22.4 Å². The van der Waals surface area contributed by atoms with Crippen molar-refractivity contribution in [1.29, 1.82) is 0 Å². The van der Waals surface area contributed by atoms with E-state index in [-0.39, 0.29) is 37.4 Å². The van der Waals surface area contributed by atoms with Crippen LogP contribution in [0.15, 0.2) is 72.5 Å². The molecule has 0 bridgehead atoms. The first-order valence-corrected chi connectivity index (χ1v) is 10.7. The molecule has 5 rings (SSSR count). The number of hydrogen-bond acceptors (Lipinski definition) is 4. The van der Waals surface area contributed by atoms with Crippen molar-refractivity contribution in [2.24, 2.45) is 0 Å². The number of aromatic nitrogens is 1. The van der Waals surface area contributed by atoms with Crippen molar-refractivity contribution in [3.05, 3.63) is 101 Å². The number of aliphatic hydroxyl groups is 1. The molecule has 0 saturated heterocycles. The van der Waals surface area contributed by atoms with Gasteiger partial charge in [-0.1, -0.05) is 56.3 Å². The molecule has 1 heterocycles. The number of pyridine rings is 1. The fourth-order valence-corrected chi connectivity index (χ4v) is 4.26. The van der Waals surface area contributed by atoms with Gasteiger partial charge in [0, 0.05) is 48.4 Å². The van der Waals surface area contributed by atoms with Crippen LogP contribution in [0.4, 0.5) is 0 Å². The molecule has 0 atom stereocenters. The number of ketones is 2. The van der Waals surface area contributed by atoms with E-state index in [1.165, 1.54) is 19.9 Å². The van der Waals surface area contributed by atoms with Crippen molar-refractivity contribution in [2.75, 3.05) is 0 Å². The van der Waals surface area contributed by atoms with Gasteiger partial charge in [-0.05, 0) is 31.0 Å². The summed E-state index contributed by atoms with van der Waals surface area (Å²) in [6.07, 6.45) is 1.17. The molecule has 173 valence electrons. The third-order valence-corrected chi connectivity index (χ3v) is 5.38. The summed E-state index contributed by atoms with van der Waals surface area (Å²) in [5, 5.41) is 9.39. The Morgan fingerprint density at radius 2 is 1.59 bits per heavy atom. The molecule has 1 aliphatic carbocycles. The van der Waals surface area contributed by atoms with Crippen molar-refractivity contribution in [2.45, 2.75) is 27.7 Å². The molecular formula is C29H24IrNO3-. The van der Waals surface area contributed by atoms with E-state index in [0.717, 1.165) is 50.0 Å². The molecule has 1 aromatic heterocycles. The second-order valence-electron chi connectivity index (χ2n) is 8.25. The molecule has 4 aromatic rings. The van der Waals surface area contributed by atoms with Gasteiger partial charge in [0.15, 0.2) is 11.6 Å². The van der Waals surface area contributed by atoms with Gasteiger partial charge in [-0.15, -0.1) is 34.9 Å². The second kappa shape index (κ2) is 10.3. The topological polar surface area (TPSA) is 67.3 Å². The molecule has 5 heteroatoms. The molecule has 1 N–H and O–H groups in total. The van der Waals surface area contributed by atoms with Gasteiger partial charge in [-0.2, -0.15) is 0 Å². The summed E-state index contributed by atoms with van der Waals surface area (Å²) in [6, 6.07) is 23.4. The summed E-state index contributed by atoms with van der Waals surface area (Å²) in [7, 11) is 0. The van der Waals surface area contributed by atoms with Gasteiger partial charge in [-0.25, -0.2) is 0 Å². The number of para-hydroxylation sites is 1. The molecule has 4 nitrogen and oxygen atoms in total. The predicted octanol–water partition coefficient (Wildman–Crippen LogP) is 6.56. The normalized spacial score (nSPS) is 11.8. The van der Waals surface area contributed by atoms with Crippen LogP contribution in [0.1, 0.15) is 40.9 Å². The Labute approximate surface area is 212 Å². The van der Waals surface area contributed by atoms with Gasteiger partial charge in [-0.3, -0.25) is 14.6 Å². The van der Waals surface area contributed by atoms with Crippen LogP contribution < -0.4 is 0 Å². The SMILES string of the molecule is CC(=O)/C=C(/C)O.Cc1[c-]c(-c2nc3ccccc3c3c2C(=O)c2ccccc2-3)cc(C)c1.[Ir].